The van der Waals surface area contributed by atoms with Crippen molar-refractivity contribution in [1.29, 1.82) is 0 Å². The molecule has 0 saturated carbocycles. The summed E-state index contributed by atoms with van der Waals surface area (Å²) in [7, 11) is 0. The maximum atomic E-state index is 10.7. The number of pyridine rings is 2. The van der Waals surface area contributed by atoms with E-state index in [2.05, 4.69) is 176 Å². The van der Waals surface area contributed by atoms with E-state index in [0.717, 1.165) is 66.5 Å². The number of imidazole rings is 1. The van der Waals surface area contributed by atoms with Gasteiger partial charge in [0.15, 0.2) is 0 Å². The first-order valence-electron chi connectivity index (χ1n) is 32.1. The monoisotopic (exact) mass is 1280 g/mol. The van der Waals surface area contributed by atoms with Crippen LogP contribution in [0.3, 0.4) is 0 Å². The lowest BCUT2D eigenvalue weighted by molar-refractivity contribution is 0.126. The van der Waals surface area contributed by atoms with Crippen LogP contribution in [0.2, 0.25) is 0 Å². The third-order valence-electron chi connectivity index (χ3n) is 17.8. The second-order valence-electron chi connectivity index (χ2n) is 29.4. The first-order chi connectivity index (χ1) is 45.1. The van der Waals surface area contributed by atoms with E-state index in [1.807, 2.05) is 104 Å². The number of phenols is 3. The van der Waals surface area contributed by atoms with Crippen LogP contribution < -0.4 is 16.0 Å². The molecule has 0 radical (unpaired) electrons. The molecule has 6 N–H and O–H groups in total. The highest BCUT2D eigenvalue weighted by molar-refractivity contribution is 5.82. The summed E-state index contributed by atoms with van der Waals surface area (Å²) in [6, 6.07) is 30.1. The van der Waals surface area contributed by atoms with E-state index in [9.17, 15) is 15.3 Å². The van der Waals surface area contributed by atoms with E-state index in [4.69, 9.17) is 0 Å². The number of aromatic nitrogens is 19. The van der Waals surface area contributed by atoms with Crippen LogP contribution in [0.25, 0.3) is 95.2 Å². The van der Waals surface area contributed by atoms with E-state index < -0.39 is 0 Å². The van der Waals surface area contributed by atoms with Crippen molar-refractivity contribution in [3.05, 3.63) is 141 Å². The molecular weight excluding hydrogens is 1200 g/mol. The van der Waals surface area contributed by atoms with Gasteiger partial charge in [0, 0.05) is 98.7 Å². The summed E-state index contributed by atoms with van der Waals surface area (Å²) in [5, 5.41) is 95.9. The lowest BCUT2D eigenvalue weighted by atomic mass is 9.79. The van der Waals surface area contributed by atoms with Gasteiger partial charge in [-0.2, -0.15) is 0 Å². The van der Waals surface area contributed by atoms with E-state index >= 15 is 0 Å². The lowest BCUT2D eigenvalue weighted by Crippen LogP contribution is -2.58. The Labute approximate surface area is 550 Å². The zero-order valence-electron chi connectivity index (χ0n) is 55.6. The molecule has 12 heterocycles. The summed E-state index contributed by atoms with van der Waals surface area (Å²) in [5.74, 6) is 0.394. The van der Waals surface area contributed by atoms with Gasteiger partial charge in [-0.3, -0.25) is 9.97 Å². The molecule has 0 bridgehead atoms. The number of fused-ring (bicyclic) bond motifs is 3. The van der Waals surface area contributed by atoms with Crippen molar-refractivity contribution in [2.75, 3.05) is 0 Å². The number of hydrogen-bond donors (Lipinski definition) is 6. The van der Waals surface area contributed by atoms with E-state index in [1.165, 1.54) is 0 Å². The van der Waals surface area contributed by atoms with Gasteiger partial charge in [-0.1, -0.05) is 33.8 Å². The second-order valence-corrected chi connectivity index (χ2v) is 29.4. The van der Waals surface area contributed by atoms with E-state index in [1.54, 1.807) is 55.5 Å². The molecule has 0 amide bonds. The largest absolute Gasteiger partial charge is 0.507 e. The SMILES string of the molecule is CC1(C)CC(n2nnc3cc(-c4ccc(-c5cccnc5)cc4O)nnc32)CC(C)(C)N1.CC1(C)CC(n2nnc3cc(-c4ccc(-c5ccncc5)cc4O)nnc32)CC(C)(C)N1.CC1(C)CC(n2nnc3cc(-c4ccc(-n5ccnc5)cc4O)nnc32)CC(C)(C)N1. The summed E-state index contributed by atoms with van der Waals surface area (Å²) in [4.78, 5) is 12.2. The zero-order valence-corrected chi connectivity index (χ0v) is 55.6. The number of nitrogens with one attached hydrogen (secondary N) is 3. The molecule has 95 heavy (non-hydrogen) atoms. The molecular formula is C70H80N22O3. The summed E-state index contributed by atoms with van der Waals surface area (Å²) in [6.45, 7) is 26.5. The molecule has 488 valence electrons. The minimum atomic E-state index is -0.0140. The van der Waals surface area contributed by atoms with Crippen LogP contribution in [-0.4, -0.2) is 144 Å². The first kappa shape index (κ1) is 63.6. The smallest absolute Gasteiger partial charge is 0.201 e. The maximum absolute atomic E-state index is 10.7. The Morgan fingerprint density at radius 3 is 1.12 bits per heavy atom. The molecule has 25 nitrogen and oxygen atoms in total. The molecule has 25 heteroatoms. The molecule has 0 unspecified atom stereocenters. The Balaban J connectivity index is 0.000000129. The van der Waals surface area contributed by atoms with Gasteiger partial charge in [-0.05, 0) is 211 Å². The fourth-order valence-electron chi connectivity index (χ4n) is 15.0. The Bertz CT molecular complexity index is 4500. The van der Waals surface area contributed by atoms with Crippen LogP contribution in [0.1, 0.15) is 140 Å². The van der Waals surface area contributed by atoms with Crippen molar-refractivity contribution >= 4 is 33.5 Å². The Hall–Kier alpha value is -10.1. The molecule has 0 spiro atoms. The van der Waals surface area contributed by atoms with Gasteiger partial charge < -0.3 is 35.8 Å². The number of aromatic hydroxyl groups is 3. The minimum Gasteiger partial charge on any atom is -0.507 e. The summed E-state index contributed by atoms with van der Waals surface area (Å²) in [5.41, 5.74) is 11.9. The van der Waals surface area contributed by atoms with Crippen molar-refractivity contribution in [3.8, 4) is 79.0 Å². The summed E-state index contributed by atoms with van der Waals surface area (Å²) in [6.07, 6.45) is 17.7. The molecule has 3 fully saturated rings. The Morgan fingerprint density at radius 2 is 0.758 bits per heavy atom. The van der Waals surface area contributed by atoms with Gasteiger partial charge in [0.2, 0.25) is 16.9 Å². The van der Waals surface area contributed by atoms with Crippen LogP contribution >= 0.6 is 0 Å². The lowest BCUT2D eigenvalue weighted by Gasteiger charge is -2.46. The number of hydrogen-bond acceptors (Lipinski definition) is 21. The van der Waals surface area contributed by atoms with Gasteiger partial charge >= 0.3 is 0 Å². The summed E-state index contributed by atoms with van der Waals surface area (Å²) < 4.78 is 7.54. The predicted octanol–water partition coefficient (Wildman–Crippen LogP) is 11.5. The fraction of sp³-hybridized carbons (Fsp3) is 0.386. The molecule has 12 aromatic rings. The Kier molecular flexibility index (Phi) is 16.3. The molecule has 0 atom stereocenters. The second kappa shape index (κ2) is 24.3. The molecule has 15 rings (SSSR count). The van der Waals surface area contributed by atoms with Crippen molar-refractivity contribution in [1.82, 2.24) is 111 Å². The third kappa shape index (κ3) is 13.8. The number of benzene rings is 3. The van der Waals surface area contributed by atoms with Gasteiger partial charge in [0.1, 0.15) is 33.8 Å². The molecule has 3 aliphatic heterocycles. The highest BCUT2D eigenvalue weighted by atomic mass is 16.3. The van der Waals surface area contributed by atoms with Crippen LogP contribution in [0.15, 0.2) is 141 Å². The average molecular weight is 1280 g/mol. The molecule has 3 aliphatic rings. The highest BCUT2D eigenvalue weighted by Crippen LogP contribution is 2.42. The van der Waals surface area contributed by atoms with Crippen LogP contribution in [0.5, 0.6) is 17.2 Å². The van der Waals surface area contributed by atoms with E-state index in [-0.39, 0.29) is 68.6 Å². The van der Waals surface area contributed by atoms with Crippen molar-refractivity contribution in [2.24, 2.45) is 0 Å². The van der Waals surface area contributed by atoms with Crippen molar-refractivity contribution in [3.63, 3.8) is 0 Å². The topological polar surface area (TPSA) is 310 Å². The standard InChI is InChI=1S/2C24H27N7O.C22H26N8O/c1-23(2)13-17(14-24(3,4)29-23)31-22-20(27-30-31)12-19(26-28-22)18-6-5-16(11-21(18)32)15-7-9-25-10-8-15;1-23(2)12-17(13-24(3,4)29-23)31-22-20(27-30-31)11-19(26-28-22)18-8-7-15(10-21(18)32)16-6-5-9-25-14-16;1-21(2)11-15(12-22(3,4)27-21)30-20-18(25-28-30)10-17(24-26-20)16-6-5-14(9-19(16)31)29-8-7-23-13-29/h5-12,17,29,32H,13-14H2,1-4H3;5-11,14,17,29,32H,12-13H2,1-4H3;5-10,13,15,27,31H,11-12H2,1-4H3. The van der Waals surface area contributed by atoms with Crippen molar-refractivity contribution < 1.29 is 15.3 Å². The third-order valence-corrected chi connectivity index (χ3v) is 17.8. The fourth-order valence-corrected chi connectivity index (χ4v) is 15.0. The van der Waals surface area contributed by atoms with Gasteiger partial charge in [0.25, 0.3) is 0 Å². The maximum Gasteiger partial charge on any atom is 0.201 e. The average Bonchev–Trinajstić information content (AvgIpc) is 1.75. The zero-order chi connectivity index (χ0) is 66.8. The number of piperidine rings is 3. The predicted molar refractivity (Wildman–Crippen MR) is 363 cm³/mol. The van der Waals surface area contributed by atoms with Crippen LogP contribution in [-0.2, 0) is 0 Å². The number of phenolic OH excluding ortho intramolecular Hbond substituents is 3. The van der Waals surface area contributed by atoms with E-state index in [0.29, 0.717) is 67.3 Å². The quantitative estimate of drug-likeness (QED) is 0.0782. The first-order valence-corrected chi connectivity index (χ1v) is 32.1. The molecule has 9 aromatic heterocycles. The molecule has 3 aromatic carbocycles. The van der Waals surface area contributed by atoms with Crippen LogP contribution in [0, 0.1) is 0 Å². The molecule has 3 saturated heterocycles. The highest BCUT2D eigenvalue weighted by Gasteiger charge is 2.42. The van der Waals surface area contributed by atoms with Gasteiger partial charge in [-0.25, -0.2) is 19.0 Å². The van der Waals surface area contributed by atoms with Gasteiger partial charge in [-0.15, -0.1) is 45.9 Å². The van der Waals surface area contributed by atoms with Crippen LogP contribution in [0.4, 0.5) is 0 Å². The number of nitrogens with zero attached hydrogens (tertiary/aromatic N) is 19. The van der Waals surface area contributed by atoms with Crippen molar-refractivity contribution in [2.45, 2.75) is 173 Å². The molecule has 0 aliphatic carbocycles. The van der Waals surface area contributed by atoms with Gasteiger partial charge in [0.05, 0.1) is 47.2 Å². The Morgan fingerprint density at radius 1 is 0.368 bits per heavy atom. The minimum absolute atomic E-state index is 0.0131. The number of rotatable bonds is 9. The summed E-state index contributed by atoms with van der Waals surface area (Å²) >= 11 is 0. The normalized spacial score (nSPS) is 18.2.